The molecule has 19 heavy (non-hydrogen) atoms. The lowest BCUT2D eigenvalue weighted by molar-refractivity contribution is 0.618. The minimum absolute atomic E-state index is 0.499. The Morgan fingerprint density at radius 2 is 2.11 bits per heavy atom. The van der Waals surface area contributed by atoms with Gasteiger partial charge in [0.15, 0.2) is 0 Å². The second kappa shape index (κ2) is 11.7. The van der Waals surface area contributed by atoms with E-state index in [-0.39, 0.29) is 0 Å². The van der Waals surface area contributed by atoms with E-state index in [1.54, 1.807) is 7.05 Å². The molecule has 0 bridgehead atoms. The van der Waals surface area contributed by atoms with Crippen LogP contribution in [-0.4, -0.2) is 25.8 Å². The zero-order valence-electron chi connectivity index (χ0n) is 12.8. The van der Waals surface area contributed by atoms with E-state index in [1.807, 2.05) is 13.1 Å². The van der Waals surface area contributed by atoms with E-state index < -0.39 is 0 Å². The Morgan fingerprint density at radius 1 is 1.37 bits per heavy atom. The molecule has 0 atom stereocenters. The molecule has 0 rings (SSSR count). The molecular formula is C17H28N2. The number of hydrogen-bond donors (Lipinski definition) is 1. The average molecular weight is 260 g/mol. The summed E-state index contributed by atoms with van der Waals surface area (Å²) in [4.78, 5) is 3.94. The molecule has 0 unspecified atom stereocenters. The Balaban J connectivity index is 4.35. The Hall–Kier alpha value is -1.41. The third-order valence-corrected chi connectivity index (χ3v) is 2.47. The summed E-state index contributed by atoms with van der Waals surface area (Å²) in [6, 6.07) is 0.499. The topological polar surface area (TPSA) is 24.4 Å². The minimum atomic E-state index is 0.499. The van der Waals surface area contributed by atoms with Gasteiger partial charge in [-0.05, 0) is 18.9 Å². The third-order valence-electron chi connectivity index (χ3n) is 2.47. The Kier molecular flexibility index (Phi) is 10.8. The number of rotatable bonds is 9. The lowest BCUT2D eigenvalue weighted by Gasteiger charge is -2.10. The largest absolute Gasteiger partial charge is 0.311 e. The quantitative estimate of drug-likeness (QED) is 0.377. The molecule has 0 saturated heterocycles. The van der Waals surface area contributed by atoms with Crippen molar-refractivity contribution in [2.45, 2.75) is 39.7 Å². The predicted octanol–water partition coefficient (Wildman–Crippen LogP) is 4.08. The van der Waals surface area contributed by atoms with Gasteiger partial charge in [0.05, 0.1) is 0 Å². The SMILES string of the molecule is C=C(CNC(C)C)CC(/C=C\C)=C/C=C/C/C=N\C. The standard InChI is InChI=1S/C17H28N2/c1-6-10-17(11-8-7-9-12-18-5)13-16(4)14-19-15(2)3/h6-8,10-12,15,19H,4,9,13-14H2,1-3,5H3/b8-7+,10-6-,17-11+,18-12-. The van der Waals surface area contributed by atoms with Crippen molar-refractivity contribution in [1.82, 2.24) is 5.32 Å². The molecule has 2 nitrogen and oxygen atoms in total. The van der Waals surface area contributed by atoms with E-state index >= 15 is 0 Å². The van der Waals surface area contributed by atoms with Gasteiger partial charge in [-0.15, -0.1) is 0 Å². The summed E-state index contributed by atoms with van der Waals surface area (Å²) in [7, 11) is 1.79. The van der Waals surface area contributed by atoms with Crippen molar-refractivity contribution in [2.75, 3.05) is 13.6 Å². The van der Waals surface area contributed by atoms with Gasteiger partial charge in [-0.25, -0.2) is 0 Å². The van der Waals surface area contributed by atoms with Gasteiger partial charge in [0.2, 0.25) is 0 Å². The van der Waals surface area contributed by atoms with Crippen LogP contribution in [0, 0.1) is 0 Å². The lowest BCUT2D eigenvalue weighted by Crippen LogP contribution is -2.24. The Bertz CT molecular complexity index is 357. The van der Waals surface area contributed by atoms with Crippen molar-refractivity contribution in [2.24, 2.45) is 4.99 Å². The molecule has 0 aromatic rings. The monoisotopic (exact) mass is 260 g/mol. The van der Waals surface area contributed by atoms with E-state index in [9.17, 15) is 0 Å². The zero-order chi connectivity index (χ0) is 14.5. The molecule has 0 aliphatic carbocycles. The molecule has 1 N–H and O–H groups in total. The first kappa shape index (κ1) is 17.6. The summed E-state index contributed by atoms with van der Waals surface area (Å²) in [6.07, 6.45) is 14.2. The van der Waals surface area contributed by atoms with Crippen molar-refractivity contribution in [3.8, 4) is 0 Å². The van der Waals surface area contributed by atoms with Gasteiger partial charge in [0, 0.05) is 32.3 Å². The van der Waals surface area contributed by atoms with E-state index in [2.05, 4.69) is 61.1 Å². The summed E-state index contributed by atoms with van der Waals surface area (Å²) in [5, 5.41) is 3.39. The first-order valence-corrected chi connectivity index (χ1v) is 6.89. The molecule has 0 aliphatic heterocycles. The maximum atomic E-state index is 4.12. The third kappa shape index (κ3) is 11.4. The average Bonchev–Trinajstić information content (AvgIpc) is 2.36. The van der Waals surface area contributed by atoms with Gasteiger partial charge < -0.3 is 10.3 Å². The smallest absolute Gasteiger partial charge is 0.0273 e. The molecule has 0 aromatic carbocycles. The maximum Gasteiger partial charge on any atom is 0.0273 e. The van der Waals surface area contributed by atoms with Crippen LogP contribution in [0.4, 0.5) is 0 Å². The number of nitrogens with one attached hydrogen (secondary N) is 1. The van der Waals surface area contributed by atoms with Crippen LogP contribution in [0.2, 0.25) is 0 Å². The van der Waals surface area contributed by atoms with Crippen molar-refractivity contribution in [3.63, 3.8) is 0 Å². The molecule has 2 heteroatoms. The predicted molar refractivity (Wildman–Crippen MR) is 88.0 cm³/mol. The summed E-state index contributed by atoms with van der Waals surface area (Å²) in [5.74, 6) is 0. The van der Waals surface area contributed by atoms with Gasteiger partial charge in [-0.3, -0.25) is 0 Å². The minimum Gasteiger partial charge on any atom is -0.311 e. The second-order valence-electron chi connectivity index (χ2n) is 4.81. The molecule has 0 radical (unpaired) electrons. The highest BCUT2D eigenvalue weighted by atomic mass is 14.9. The molecule has 106 valence electrons. The van der Waals surface area contributed by atoms with Crippen LogP contribution in [0.3, 0.4) is 0 Å². The van der Waals surface area contributed by atoms with Gasteiger partial charge >= 0.3 is 0 Å². The lowest BCUT2D eigenvalue weighted by atomic mass is 10.1. The van der Waals surface area contributed by atoms with Crippen LogP contribution in [0.25, 0.3) is 0 Å². The highest BCUT2D eigenvalue weighted by Crippen LogP contribution is 2.11. The van der Waals surface area contributed by atoms with E-state index in [0.29, 0.717) is 6.04 Å². The number of hydrogen-bond acceptors (Lipinski definition) is 2. The Labute approximate surface area is 118 Å². The fourth-order valence-electron chi connectivity index (χ4n) is 1.52. The molecule has 0 heterocycles. The molecule has 0 amide bonds. The molecule has 0 aromatic heterocycles. The second-order valence-corrected chi connectivity index (χ2v) is 4.81. The number of nitrogens with zero attached hydrogens (tertiary/aromatic N) is 1. The van der Waals surface area contributed by atoms with Crippen LogP contribution < -0.4 is 5.32 Å². The van der Waals surface area contributed by atoms with Crippen LogP contribution in [0.1, 0.15) is 33.6 Å². The van der Waals surface area contributed by atoms with Crippen LogP contribution in [0.15, 0.2) is 53.1 Å². The summed E-state index contributed by atoms with van der Waals surface area (Å²) in [5.41, 5.74) is 2.49. The van der Waals surface area contributed by atoms with Crippen molar-refractivity contribution in [3.05, 3.63) is 48.1 Å². The summed E-state index contributed by atoms with van der Waals surface area (Å²) in [6.45, 7) is 11.3. The van der Waals surface area contributed by atoms with Crippen molar-refractivity contribution >= 4 is 6.21 Å². The highest BCUT2D eigenvalue weighted by Gasteiger charge is 1.98. The van der Waals surface area contributed by atoms with Crippen LogP contribution in [0.5, 0.6) is 0 Å². The first-order valence-electron chi connectivity index (χ1n) is 6.89. The molecular weight excluding hydrogens is 232 g/mol. The fourth-order valence-corrected chi connectivity index (χ4v) is 1.52. The molecule has 0 fully saturated rings. The fraction of sp³-hybridized carbons (Fsp3) is 0.471. The maximum absolute atomic E-state index is 4.12. The summed E-state index contributed by atoms with van der Waals surface area (Å²) >= 11 is 0. The van der Waals surface area contributed by atoms with E-state index in [4.69, 9.17) is 0 Å². The van der Waals surface area contributed by atoms with Gasteiger partial charge in [0.25, 0.3) is 0 Å². The number of aliphatic imine (C=N–C) groups is 1. The van der Waals surface area contributed by atoms with Crippen LogP contribution in [-0.2, 0) is 0 Å². The zero-order valence-corrected chi connectivity index (χ0v) is 12.8. The summed E-state index contributed by atoms with van der Waals surface area (Å²) < 4.78 is 0. The van der Waals surface area contributed by atoms with Crippen molar-refractivity contribution in [1.29, 1.82) is 0 Å². The first-order chi connectivity index (χ1) is 9.10. The van der Waals surface area contributed by atoms with Gasteiger partial charge in [-0.1, -0.05) is 56.4 Å². The van der Waals surface area contributed by atoms with E-state index in [0.717, 1.165) is 19.4 Å². The molecule has 0 saturated carbocycles. The van der Waals surface area contributed by atoms with E-state index in [1.165, 1.54) is 11.1 Å². The van der Waals surface area contributed by atoms with Crippen LogP contribution >= 0.6 is 0 Å². The van der Waals surface area contributed by atoms with Gasteiger partial charge in [0.1, 0.15) is 0 Å². The molecule has 0 spiro atoms. The van der Waals surface area contributed by atoms with Gasteiger partial charge in [-0.2, -0.15) is 0 Å². The highest BCUT2D eigenvalue weighted by molar-refractivity contribution is 5.59. The molecule has 0 aliphatic rings. The van der Waals surface area contributed by atoms with Crippen molar-refractivity contribution < 1.29 is 0 Å². The Morgan fingerprint density at radius 3 is 2.68 bits per heavy atom. The normalized spacial score (nSPS) is 13.4. The number of allylic oxidation sites excluding steroid dienone is 6.